The van der Waals surface area contributed by atoms with Gasteiger partial charge in [-0.05, 0) is 51.5 Å². The quantitative estimate of drug-likeness (QED) is 0.397. The summed E-state index contributed by atoms with van der Waals surface area (Å²) in [5.74, 6) is 0.340. The van der Waals surface area contributed by atoms with Gasteiger partial charge in [0, 0.05) is 32.2 Å². The number of hydrogen-bond acceptors (Lipinski definition) is 5. The van der Waals surface area contributed by atoms with Crippen LogP contribution in [0.3, 0.4) is 0 Å². The Hall–Kier alpha value is -3.72. The molecule has 1 aromatic carbocycles. The number of para-hydroxylation sites is 1. The Morgan fingerprint density at radius 2 is 1.85 bits per heavy atom. The number of nitrogens with zero attached hydrogens (tertiary/aromatic N) is 5. The third-order valence-electron chi connectivity index (χ3n) is 5.45. The number of aryl methyl sites for hydroxylation is 1. The number of ether oxygens (including phenoxy) is 1. The molecule has 0 aliphatic heterocycles. The lowest BCUT2D eigenvalue weighted by molar-refractivity contribution is -0.124. The normalized spacial score (nSPS) is 12.2. The summed E-state index contributed by atoms with van der Waals surface area (Å²) in [6.45, 7) is 7.09. The highest BCUT2D eigenvalue weighted by molar-refractivity contribution is 5.88. The Balaban J connectivity index is 1.78. The molecular formula is C24H28N6O3. The van der Waals surface area contributed by atoms with Crippen LogP contribution < -0.4 is 10.9 Å². The number of carbonyl (C=O) groups excluding carboxylic acids is 1. The van der Waals surface area contributed by atoms with Crippen LogP contribution in [0.5, 0.6) is 0 Å². The van der Waals surface area contributed by atoms with Gasteiger partial charge in [-0.15, -0.1) is 0 Å². The van der Waals surface area contributed by atoms with Crippen molar-refractivity contribution in [3.63, 3.8) is 0 Å². The van der Waals surface area contributed by atoms with Crippen LogP contribution in [-0.4, -0.2) is 49.8 Å². The molecule has 0 aliphatic rings. The number of aromatic nitrogens is 5. The van der Waals surface area contributed by atoms with E-state index in [0.29, 0.717) is 48.6 Å². The number of benzene rings is 1. The number of amides is 1. The first kappa shape index (κ1) is 22.5. The van der Waals surface area contributed by atoms with Crippen molar-refractivity contribution in [3.8, 4) is 11.5 Å². The lowest BCUT2D eigenvalue weighted by Crippen LogP contribution is -2.38. The van der Waals surface area contributed by atoms with Crippen molar-refractivity contribution in [2.24, 2.45) is 0 Å². The van der Waals surface area contributed by atoms with E-state index < -0.39 is 6.04 Å². The molecule has 1 unspecified atom stereocenters. The Morgan fingerprint density at radius 3 is 2.55 bits per heavy atom. The van der Waals surface area contributed by atoms with Gasteiger partial charge < -0.3 is 14.6 Å². The number of carbonyl (C=O) groups is 1. The number of hydrogen-bond donors (Lipinski definition) is 1. The van der Waals surface area contributed by atoms with E-state index in [1.807, 2.05) is 66.3 Å². The molecule has 0 fully saturated rings. The Bertz CT molecular complexity index is 1290. The minimum atomic E-state index is -0.773. The summed E-state index contributed by atoms with van der Waals surface area (Å²) in [7, 11) is 0. The van der Waals surface area contributed by atoms with Crippen molar-refractivity contribution in [1.29, 1.82) is 0 Å². The first-order chi connectivity index (χ1) is 16.0. The van der Waals surface area contributed by atoms with E-state index >= 15 is 0 Å². The van der Waals surface area contributed by atoms with E-state index in [0.717, 1.165) is 5.69 Å². The molecule has 0 radical (unpaired) electrons. The van der Waals surface area contributed by atoms with Gasteiger partial charge in [-0.1, -0.05) is 18.2 Å². The van der Waals surface area contributed by atoms with Crippen LogP contribution >= 0.6 is 0 Å². The molecule has 3 aromatic heterocycles. The molecule has 1 amide bonds. The second-order valence-corrected chi connectivity index (χ2v) is 7.74. The van der Waals surface area contributed by atoms with E-state index in [1.54, 1.807) is 18.5 Å². The molecular weight excluding hydrogens is 420 g/mol. The predicted octanol–water partition coefficient (Wildman–Crippen LogP) is 2.79. The fourth-order valence-corrected chi connectivity index (χ4v) is 3.74. The molecule has 0 saturated carbocycles. The molecule has 9 heteroatoms. The Labute approximate surface area is 191 Å². The van der Waals surface area contributed by atoms with Crippen molar-refractivity contribution >= 4 is 16.8 Å². The van der Waals surface area contributed by atoms with E-state index in [9.17, 15) is 9.59 Å². The molecule has 3 heterocycles. The van der Waals surface area contributed by atoms with Gasteiger partial charge in [-0.2, -0.15) is 10.2 Å². The minimum absolute atomic E-state index is 0.266. The summed E-state index contributed by atoms with van der Waals surface area (Å²) in [6, 6.07) is 12.6. The van der Waals surface area contributed by atoms with E-state index in [1.165, 1.54) is 4.68 Å². The van der Waals surface area contributed by atoms with E-state index in [2.05, 4.69) is 10.4 Å². The number of nitrogens with one attached hydrogen (secondary N) is 1. The summed E-state index contributed by atoms with van der Waals surface area (Å²) in [6.07, 6.45) is 4.43. The average molecular weight is 449 g/mol. The molecule has 172 valence electrons. The second-order valence-electron chi connectivity index (χ2n) is 7.74. The second kappa shape index (κ2) is 9.83. The van der Waals surface area contributed by atoms with Crippen LogP contribution in [0.15, 0.2) is 59.7 Å². The fraction of sp³-hybridized carbons (Fsp3) is 0.333. The molecule has 0 aliphatic carbocycles. The van der Waals surface area contributed by atoms with Gasteiger partial charge in [0.25, 0.3) is 5.56 Å². The summed E-state index contributed by atoms with van der Waals surface area (Å²) in [5, 5.41) is 12.4. The zero-order valence-electron chi connectivity index (χ0n) is 19.1. The van der Waals surface area contributed by atoms with Crippen LogP contribution in [0.2, 0.25) is 0 Å². The topological polar surface area (TPSA) is 96.0 Å². The zero-order chi connectivity index (χ0) is 23.4. The van der Waals surface area contributed by atoms with Gasteiger partial charge in [0.1, 0.15) is 16.9 Å². The standard InChI is InChI=1S/C24H28N6O3/c1-4-33-16-10-13-25-22(31)18(3)29-24(32)20-21(17(2)26-29)27-30(19-11-6-5-7-12-19)23(20)28-14-8-9-15-28/h5-9,11-12,14-15,18H,4,10,13,16H2,1-3H3,(H,25,31). The highest BCUT2D eigenvalue weighted by Gasteiger charge is 2.25. The maximum atomic E-state index is 13.6. The lowest BCUT2D eigenvalue weighted by Gasteiger charge is -2.15. The number of rotatable bonds is 9. The van der Waals surface area contributed by atoms with Crippen molar-refractivity contribution < 1.29 is 9.53 Å². The van der Waals surface area contributed by atoms with Gasteiger partial charge in [-0.3, -0.25) is 9.59 Å². The smallest absolute Gasteiger partial charge is 0.280 e. The summed E-state index contributed by atoms with van der Waals surface area (Å²) < 4.78 is 10.1. The Morgan fingerprint density at radius 1 is 1.12 bits per heavy atom. The van der Waals surface area contributed by atoms with Crippen LogP contribution in [0, 0.1) is 6.92 Å². The molecule has 1 N–H and O–H groups in total. The van der Waals surface area contributed by atoms with Crippen molar-refractivity contribution in [2.45, 2.75) is 33.2 Å². The zero-order valence-corrected chi connectivity index (χ0v) is 19.1. The first-order valence-electron chi connectivity index (χ1n) is 11.1. The lowest BCUT2D eigenvalue weighted by atomic mass is 10.2. The molecule has 4 rings (SSSR count). The summed E-state index contributed by atoms with van der Waals surface area (Å²) >= 11 is 0. The monoisotopic (exact) mass is 448 g/mol. The highest BCUT2D eigenvalue weighted by Crippen LogP contribution is 2.25. The Kier molecular flexibility index (Phi) is 6.69. The van der Waals surface area contributed by atoms with Crippen LogP contribution in [0.1, 0.15) is 32.0 Å². The molecule has 0 bridgehead atoms. The molecule has 9 nitrogen and oxygen atoms in total. The highest BCUT2D eigenvalue weighted by atomic mass is 16.5. The van der Waals surface area contributed by atoms with Gasteiger partial charge in [0.05, 0.1) is 11.4 Å². The van der Waals surface area contributed by atoms with Crippen LogP contribution in [0.4, 0.5) is 0 Å². The van der Waals surface area contributed by atoms with Gasteiger partial charge >= 0.3 is 0 Å². The van der Waals surface area contributed by atoms with Crippen LogP contribution in [-0.2, 0) is 9.53 Å². The van der Waals surface area contributed by atoms with E-state index in [4.69, 9.17) is 9.84 Å². The third kappa shape index (κ3) is 4.45. The molecule has 4 aromatic rings. The molecule has 1 atom stereocenters. The van der Waals surface area contributed by atoms with Gasteiger partial charge in [0.15, 0.2) is 5.82 Å². The first-order valence-corrected chi connectivity index (χ1v) is 11.1. The van der Waals surface area contributed by atoms with Crippen molar-refractivity contribution in [1.82, 2.24) is 29.4 Å². The molecule has 0 spiro atoms. The maximum absolute atomic E-state index is 13.6. The minimum Gasteiger partial charge on any atom is -0.382 e. The number of fused-ring (bicyclic) bond motifs is 1. The molecule has 0 saturated heterocycles. The average Bonchev–Trinajstić information content (AvgIpc) is 3.49. The molecule has 33 heavy (non-hydrogen) atoms. The largest absolute Gasteiger partial charge is 0.382 e. The van der Waals surface area contributed by atoms with Crippen molar-refractivity contribution in [2.75, 3.05) is 19.8 Å². The van der Waals surface area contributed by atoms with Crippen molar-refractivity contribution in [3.05, 3.63) is 70.9 Å². The predicted molar refractivity (Wildman–Crippen MR) is 126 cm³/mol. The summed E-state index contributed by atoms with van der Waals surface area (Å²) in [4.78, 5) is 26.4. The summed E-state index contributed by atoms with van der Waals surface area (Å²) in [5.41, 5.74) is 1.54. The van der Waals surface area contributed by atoms with Crippen LogP contribution in [0.25, 0.3) is 22.4 Å². The van der Waals surface area contributed by atoms with Gasteiger partial charge in [-0.25, -0.2) is 9.36 Å². The SMILES string of the molecule is CCOCCCNC(=O)C(C)n1nc(C)c2nn(-c3ccccc3)c(-n3cccc3)c2c1=O. The maximum Gasteiger partial charge on any atom is 0.280 e. The van der Waals surface area contributed by atoms with Gasteiger partial charge in [0.2, 0.25) is 5.91 Å². The fourth-order valence-electron chi connectivity index (χ4n) is 3.74. The van der Waals surface area contributed by atoms with E-state index in [-0.39, 0.29) is 11.5 Å². The third-order valence-corrected chi connectivity index (χ3v) is 5.45.